The van der Waals surface area contributed by atoms with E-state index < -0.39 is 28.9 Å². The van der Waals surface area contributed by atoms with E-state index in [-0.39, 0.29) is 24.7 Å². The van der Waals surface area contributed by atoms with Crippen LogP contribution < -0.4 is 16.2 Å². The summed E-state index contributed by atoms with van der Waals surface area (Å²) in [6.07, 6.45) is 0.0431. The fourth-order valence-electron chi connectivity index (χ4n) is 2.28. The van der Waals surface area contributed by atoms with Crippen LogP contribution in [0.2, 0.25) is 0 Å². The van der Waals surface area contributed by atoms with E-state index in [1.807, 2.05) is 0 Å². The van der Waals surface area contributed by atoms with Gasteiger partial charge in [-0.2, -0.15) is 4.68 Å². The molecule has 27 heavy (non-hydrogen) atoms. The van der Waals surface area contributed by atoms with Crippen molar-refractivity contribution in [3.05, 3.63) is 74.5 Å². The van der Waals surface area contributed by atoms with Gasteiger partial charge >= 0.3 is 5.76 Å². The van der Waals surface area contributed by atoms with Crippen LogP contribution in [-0.2, 0) is 6.42 Å². The van der Waals surface area contributed by atoms with Crippen LogP contribution in [0.25, 0.3) is 5.69 Å². The molecule has 0 spiro atoms. The molecular formula is C17H12BrF2N3O4. The van der Waals surface area contributed by atoms with E-state index in [1.165, 1.54) is 0 Å². The molecule has 0 unspecified atom stereocenters. The molecule has 2 aromatic carbocycles. The van der Waals surface area contributed by atoms with Crippen molar-refractivity contribution < 1.29 is 22.7 Å². The van der Waals surface area contributed by atoms with Crippen molar-refractivity contribution in [2.75, 3.05) is 6.61 Å². The van der Waals surface area contributed by atoms with E-state index >= 15 is 0 Å². The van der Waals surface area contributed by atoms with E-state index in [4.69, 9.17) is 14.9 Å². The Labute approximate surface area is 159 Å². The molecule has 0 atom stereocenters. The molecule has 3 aromatic rings. The molecule has 7 nitrogen and oxygen atoms in total. The SMILES string of the molecule is NC(=O)c1c(F)ccc(OCCc2nn(-c3ccc(Br)cc3)c(=O)o2)c1F. The van der Waals surface area contributed by atoms with E-state index in [0.29, 0.717) is 5.69 Å². The molecule has 0 radical (unpaired) electrons. The number of carbonyl (C=O) groups is 1. The zero-order chi connectivity index (χ0) is 19.6. The number of carbonyl (C=O) groups excluding carboxylic acids is 1. The molecule has 0 saturated heterocycles. The minimum atomic E-state index is -1.24. The number of amides is 1. The fourth-order valence-corrected chi connectivity index (χ4v) is 2.55. The highest BCUT2D eigenvalue weighted by Crippen LogP contribution is 2.23. The third-order valence-corrected chi connectivity index (χ3v) is 4.07. The quantitative estimate of drug-likeness (QED) is 0.635. The first-order valence-electron chi connectivity index (χ1n) is 7.62. The van der Waals surface area contributed by atoms with Gasteiger partial charge in [-0.15, -0.1) is 5.10 Å². The largest absolute Gasteiger partial charge is 0.490 e. The molecule has 1 amide bonds. The number of primary amides is 1. The maximum atomic E-state index is 14.1. The lowest BCUT2D eigenvalue weighted by atomic mass is 10.1. The summed E-state index contributed by atoms with van der Waals surface area (Å²) in [7, 11) is 0. The Kier molecular flexibility index (Phi) is 5.36. The molecule has 10 heteroatoms. The van der Waals surface area contributed by atoms with E-state index in [9.17, 15) is 18.4 Å². The summed E-state index contributed by atoms with van der Waals surface area (Å²) in [5.74, 6) is -4.47. The molecule has 1 heterocycles. The van der Waals surface area contributed by atoms with Crippen LogP contribution in [-0.4, -0.2) is 22.3 Å². The Hall–Kier alpha value is -3.01. The number of nitrogens with zero attached hydrogens (tertiary/aromatic N) is 2. The number of rotatable bonds is 6. The molecule has 0 aliphatic rings. The van der Waals surface area contributed by atoms with Crippen molar-refractivity contribution in [1.29, 1.82) is 0 Å². The predicted molar refractivity (Wildman–Crippen MR) is 93.9 cm³/mol. The number of hydrogen-bond acceptors (Lipinski definition) is 5. The summed E-state index contributed by atoms with van der Waals surface area (Å²) in [5.41, 5.74) is 4.58. The predicted octanol–water partition coefficient (Wildman–Crippen LogP) is 2.59. The standard InChI is InChI=1S/C17H12BrF2N3O4/c18-9-1-3-10(4-2-9)23-17(25)27-13(22-23)7-8-26-12-6-5-11(19)14(15(12)20)16(21)24/h1-6H,7-8H2,(H2,21,24). The van der Waals surface area contributed by atoms with Gasteiger partial charge in [-0.1, -0.05) is 15.9 Å². The lowest BCUT2D eigenvalue weighted by Crippen LogP contribution is -2.16. The highest BCUT2D eigenvalue weighted by Gasteiger charge is 2.19. The summed E-state index contributed by atoms with van der Waals surface area (Å²) in [6.45, 7) is -0.124. The third kappa shape index (κ3) is 4.05. The van der Waals surface area contributed by atoms with Gasteiger partial charge in [0.25, 0.3) is 5.91 Å². The van der Waals surface area contributed by atoms with Crippen molar-refractivity contribution in [3.63, 3.8) is 0 Å². The van der Waals surface area contributed by atoms with Gasteiger partial charge in [0.05, 0.1) is 18.7 Å². The van der Waals surface area contributed by atoms with Crippen molar-refractivity contribution in [2.45, 2.75) is 6.42 Å². The lowest BCUT2D eigenvalue weighted by Gasteiger charge is -2.08. The van der Waals surface area contributed by atoms with E-state index in [2.05, 4.69) is 21.0 Å². The van der Waals surface area contributed by atoms with Gasteiger partial charge in [0, 0.05) is 4.47 Å². The Morgan fingerprint density at radius 1 is 1.22 bits per heavy atom. The second kappa shape index (κ2) is 7.70. The molecule has 0 aliphatic heterocycles. The number of aromatic nitrogens is 2. The Morgan fingerprint density at radius 2 is 1.93 bits per heavy atom. The average molecular weight is 440 g/mol. The summed E-state index contributed by atoms with van der Waals surface area (Å²) in [4.78, 5) is 23.0. The second-order valence-corrected chi connectivity index (χ2v) is 6.26. The van der Waals surface area contributed by atoms with Gasteiger partial charge in [0.2, 0.25) is 5.89 Å². The van der Waals surface area contributed by atoms with Gasteiger partial charge in [0.1, 0.15) is 11.4 Å². The van der Waals surface area contributed by atoms with Crippen LogP contribution in [0, 0.1) is 11.6 Å². The van der Waals surface area contributed by atoms with Crippen LogP contribution in [0.1, 0.15) is 16.2 Å². The third-order valence-electron chi connectivity index (χ3n) is 3.54. The highest BCUT2D eigenvalue weighted by molar-refractivity contribution is 9.10. The van der Waals surface area contributed by atoms with Gasteiger partial charge in [0.15, 0.2) is 11.6 Å². The van der Waals surface area contributed by atoms with Gasteiger partial charge in [-0.3, -0.25) is 4.79 Å². The molecule has 0 saturated carbocycles. The van der Waals surface area contributed by atoms with Crippen molar-refractivity contribution in [1.82, 2.24) is 9.78 Å². The highest BCUT2D eigenvalue weighted by atomic mass is 79.9. The first-order chi connectivity index (χ1) is 12.9. The molecular weight excluding hydrogens is 428 g/mol. The van der Waals surface area contributed by atoms with Crippen LogP contribution in [0.15, 0.2) is 50.1 Å². The number of nitrogens with two attached hydrogens (primary N) is 1. The maximum Gasteiger partial charge on any atom is 0.441 e. The second-order valence-electron chi connectivity index (χ2n) is 5.35. The van der Waals surface area contributed by atoms with Crippen molar-refractivity contribution >= 4 is 21.8 Å². The van der Waals surface area contributed by atoms with E-state index in [0.717, 1.165) is 21.3 Å². The zero-order valence-electron chi connectivity index (χ0n) is 13.6. The number of halogens is 3. The topological polar surface area (TPSA) is 100 Å². The number of benzene rings is 2. The lowest BCUT2D eigenvalue weighted by molar-refractivity contribution is 0.0991. The minimum absolute atomic E-state index is 0.0431. The van der Waals surface area contributed by atoms with Gasteiger partial charge in [-0.25, -0.2) is 13.6 Å². The van der Waals surface area contributed by atoms with E-state index in [1.54, 1.807) is 24.3 Å². The van der Waals surface area contributed by atoms with Crippen LogP contribution >= 0.6 is 15.9 Å². The van der Waals surface area contributed by atoms with Crippen molar-refractivity contribution in [2.24, 2.45) is 5.73 Å². The summed E-state index contributed by atoms with van der Waals surface area (Å²) in [6, 6.07) is 8.75. The van der Waals surface area contributed by atoms with Gasteiger partial charge < -0.3 is 14.9 Å². The maximum absolute atomic E-state index is 14.1. The Morgan fingerprint density at radius 3 is 2.59 bits per heavy atom. The molecule has 2 N–H and O–H groups in total. The van der Waals surface area contributed by atoms with Crippen LogP contribution in [0.4, 0.5) is 8.78 Å². The zero-order valence-corrected chi connectivity index (χ0v) is 15.2. The van der Waals surface area contributed by atoms with Crippen LogP contribution in [0.5, 0.6) is 5.75 Å². The summed E-state index contributed by atoms with van der Waals surface area (Å²) >= 11 is 3.29. The van der Waals surface area contributed by atoms with Crippen LogP contribution in [0.3, 0.4) is 0 Å². The average Bonchev–Trinajstić information content (AvgIpc) is 2.98. The molecule has 0 bridgehead atoms. The molecule has 1 aromatic heterocycles. The Balaban J connectivity index is 1.71. The normalized spacial score (nSPS) is 10.8. The van der Waals surface area contributed by atoms with Gasteiger partial charge in [-0.05, 0) is 36.4 Å². The first kappa shape index (κ1) is 18.8. The molecule has 3 rings (SSSR count). The molecule has 0 fully saturated rings. The fraction of sp³-hybridized carbons (Fsp3) is 0.118. The first-order valence-corrected chi connectivity index (χ1v) is 8.41. The summed E-state index contributed by atoms with van der Waals surface area (Å²) < 4.78 is 39.6. The Bertz CT molecular complexity index is 1050. The van der Waals surface area contributed by atoms with Crippen molar-refractivity contribution in [3.8, 4) is 11.4 Å². The molecule has 0 aliphatic carbocycles. The number of hydrogen-bond donors (Lipinski definition) is 1. The monoisotopic (exact) mass is 439 g/mol. The minimum Gasteiger partial charge on any atom is -0.490 e. The molecule has 140 valence electrons. The summed E-state index contributed by atoms with van der Waals surface area (Å²) in [5, 5.41) is 4.04. The number of ether oxygens (including phenoxy) is 1. The smallest absolute Gasteiger partial charge is 0.441 e.